The van der Waals surface area contributed by atoms with Crippen molar-refractivity contribution in [2.45, 2.75) is 32.6 Å². The number of hydrogen-bond acceptors (Lipinski definition) is 4. The summed E-state index contributed by atoms with van der Waals surface area (Å²) in [6, 6.07) is 0. The quantitative estimate of drug-likeness (QED) is 0.637. The summed E-state index contributed by atoms with van der Waals surface area (Å²) in [5.74, 6) is 1.25. The Hall–Kier alpha value is -0.550. The van der Waals surface area contributed by atoms with Gasteiger partial charge in [-0.3, -0.25) is 14.5 Å². The number of likely N-dealkylation sites (tertiary alicyclic amines) is 1. The fraction of sp³-hybridized carbons (Fsp3) is 0.867. The van der Waals surface area contributed by atoms with Crippen molar-refractivity contribution in [2.75, 3.05) is 25.5 Å². The highest BCUT2D eigenvalue weighted by Gasteiger charge is 2.53. The molecule has 0 aromatic heterocycles. The van der Waals surface area contributed by atoms with Crippen molar-refractivity contribution in [1.82, 2.24) is 4.90 Å². The fourth-order valence-electron chi connectivity index (χ4n) is 4.01. The van der Waals surface area contributed by atoms with Crippen LogP contribution in [0.25, 0.3) is 0 Å². The predicted octanol–water partition coefficient (Wildman–Crippen LogP) is 1.74. The molecule has 2 saturated heterocycles. The van der Waals surface area contributed by atoms with Crippen LogP contribution in [-0.2, 0) is 14.3 Å². The molecule has 4 nitrogen and oxygen atoms in total. The maximum atomic E-state index is 12.5. The van der Waals surface area contributed by atoms with Crippen LogP contribution in [0.5, 0.6) is 0 Å². The molecule has 112 valence electrons. The average molecular weight is 297 g/mol. The molecule has 5 heteroatoms. The Kier molecular flexibility index (Phi) is 3.84. The standard InChI is InChI=1S/C15H23NO3S/c1-10-6-11-12(7-10)14(18)16(13(11)17)8-15(9-20)2-4-19-5-3-15/h10-12,20H,2-9H2,1H3. The SMILES string of the molecule is CC1CC2C(=O)N(CC3(CS)CCOCC3)C(=O)C2C1. The van der Waals surface area contributed by atoms with Gasteiger partial charge in [0.1, 0.15) is 0 Å². The summed E-state index contributed by atoms with van der Waals surface area (Å²) in [7, 11) is 0. The third-order valence-electron chi connectivity index (χ3n) is 5.35. The summed E-state index contributed by atoms with van der Waals surface area (Å²) in [6.07, 6.45) is 3.53. The first-order valence-corrected chi connectivity index (χ1v) is 8.23. The van der Waals surface area contributed by atoms with Crippen LogP contribution in [0, 0.1) is 23.2 Å². The molecule has 2 unspecified atom stereocenters. The van der Waals surface area contributed by atoms with Crippen molar-refractivity contribution in [3.05, 3.63) is 0 Å². The van der Waals surface area contributed by atoms with Gasteiger partial charge in [0.05, 0.1) is 11.8 Å². The molecule has 2 atom stereocenters. The zero-order valence-corrected chi connectivity index (χ0v) is 12.9. The van der Waals surface area contributed by atoms with Crippen LogP contribution in [-0.4, -0.2) is 42.2 Å². The van der Waals surface area contributed by atoms with Crippen LogP contribution < -0.4 is 0 Å². The van der Waals surface area contributed by atoms with Crippen LogP contribution in [0.4, 0.5) is 0 Å². The number of carbonyl (C=O) groups is 2. The highest BCUT2D eigenvalue weighted by atomic mass is 32.1. The van der Waals surface area contributed by atoms with Crippen LogP contribution in [0.1, 0.15) is 32.6 Å². The molecule has 0 radical (unpaired) electrons. The maximum Gasteiger partial charge on any atom is 0.233 e. The number of hydrogen-bond donors (Lipinski definition) is 1. The summed E-state index contributed by atoms with van der Waals surface area (Å²) in [4.78, 5) is 26.6. The van der Waals surface area contributed by atoms with Gasteiger partial charge in [0, 0.05) is 25.2 Å². The lowest BCUT2D eigenvalue weighted by Crippen LogP contribution is -2.45. The number of carbonyl (C=O) groups excluding carboxylic acids is 2. The average Bonchev–Trinajstić information content (AvgIpc) is 2.94. The van der Waals surface area contributed by atoms with Crippen LogP contribution in [0.15, 0.2) is 0 Å². The summed E-state index contributed by atoms with van der Waals surface area (Å²) >= 11 is 4.47. The monoisotopic (exact) mass is 297 g/mol. The first-order chi connectivity index (χ1) is 9.56. The lowest BCUT2D eigenvalue weighted by molar-refractivity contribution is -0.143. The van der Waals surface area contributed by atoms with Gasteiger partial charge in [-0.15, -0.1) is 0 Å². The number of rotatable bonds is 3. The second kappa shape index (κ2) is 5.34. The van der Waals surface area contributed by atoms with Crippen LogP contribution in [0.3, 0.4) is 0 Å². The van der Waals surface area contributed by atoms with E-state index in [9.17, 15) is 9.59 Å². The number of fused-ring (bicyclic) bond motifs is 1. The van der Waals surface area contributed by atoms with Crippen molar-refractivity contribution >= 4 is 24.4 Å². The Morgan fingerprint density at radius 1 is 1.20 bits per heavy atom. The lowest BCUT2D eigenvalue weighted by Gasteiger charge is -2.38. The molecule has 1 saturated carbocycles. The van der Waals surface area contributed by atoms with E-state index in [0.717, 1.165) is 25.7 Å². The van der Waals surface area contributed by atoms with Gasteiger partial charge in [-0.05, 0) is 37.4 Å². The molecule has 2 aliphatic heterocycles. The van der Waals surface area contributed by atoms with E-state index in [1.54, 1.807) is 4.90 Å². The molecular weight excluding hydrogens is 274 g/mol. The molecule has 2 amide bonds. The molecule has 0 aromatic carbocycles. The number of nitrogens with zero attached hydrogens (tertiary/aromatic N) is 1. The number of thiol groups is 1. The zero-order valence-electron chi connectivity index (χ0n) is 12.0. The van der Waals surface area contributed by atoms with Gasteiger partial charge < -0.3 is 4.74 Å². The molecule has 3 fully saturated rings. The van der Waals surface area contributed by atoms with E-state index in [0.29, 0.717) is 31.4 Å². The molecule has 0 aromatic rings. The number of ether oxygens (including phenoxy) is 1. The van der Waals surface area contributed by atoms with Crippen LogP contribution >= 0.6 is 12.6 Å². The Morgan fingerprint density at radius 3 is 2.25 bits per heavy atom. The summed E-state index contributed by atoms with van der Waals surface area (Å²) in [5, 5.41) is 0. The van der Waals surface area contributed by atoms with E-state index in [1.807, 2.05) is 0 Å². The highest BCUT2D eigenvalue weighted by Crippen LogP contribution is 2.44. The van der Waals surface area contributed by atoms with Gasteiger partial charge in [0.25, 0.3) is 0 Å². The normalized spacial score (nSPS) is 36.5. The van der Waals surface area contributed by atoms with Crippen molar-refractivity contribution in [1.29, 1.82) is 0 Å². The van der Waals surface area contributed by atoms with Gasteiger partial charge in [-0.1, -0.05) is 6.92 Å². The minimum absolute atomic E-state index is 0.0447. The first kappa shape index (κ1) is 14.4. The van der Waals surface area contributed by atoms with Gasteiger partial charge in [0.2, 0.25) is 11.8 Å². The second-order valence-electron chi connectivity index (χ2n) is 6.82. The smallest absolute Gasteiger partial charge is 0.233 e. The molecule has 3 rings (SSSR count). The third kappa shape index (κ3) is 2.29. The number of amides is 2. The third-order valence-corrected chi connectivity index (χ3v) is 6.02. The summed E-state index contributed by atoms with van der Waals surface area (Å²) in [6.45, 7) is 4.09. The molecule has 3 aliphatic rings. The first-order valence-electron chi connectivity index (χ1n) is 7.60. The van der Waals surface area contributed by atoms with Gasteiger partial charge in [0.15, 0.2) is 0 Å². The Bertz CT molecular complexity index is 395. The van der Waals surface area contributed by atoms with E-state index < -0.39 is 0 Å². The molecule has 0 N–H and O–H groups in total. The van der Waals surface area contributed by atoms with Crippen molar-refractivity contribution in [2.24, 2.45) is 23.2 Å². The minimum Gasteiger partial charge on any atom is -0.381 e. The van der Waals surface area contributed by atoms with E-state index in [2.05, 4.69) is 19.6 Å². The molecule has 20 heavy (non-hydrogen) atoms. The zero-order chi connectivity index (χ0) is 14.3. The highest BCUT2D eigenvalue weighted by molar-refractivity contribution is 7.80. The van der Waals surface area contributed by atoms with Crippen LogP contribution in [0.2, 0.25) is 0 Å². The Balaban J connectivity index is 1.75. The Labute approximate surface area is 125 Å². The van der Waals surface area contributed by atoms with Crippen molar-refractivity contribution < 1.29 is 14.3 Å². The minimum atomic E-state index is -0.0469. The van der Waals surface area contributed by atoms with E-state index in [1.165, 1.54) is 0 Å². The molecule has 0 bridgehead atoms. The summed E-state index contributed by atoms with van der Waals surface area (Å²) < 4.78 is 5.41. The predicted molar refractivity (Wildman–Crippen MR) is 78.4 cm³/mol. The molecular formula is C15H23NO3S. The maximum absolute atomic E-state index is 12.5. The Morgan fingerprint density at radius 2 is 1.75 bits per heavy atom. The number of imide groups is 1. The summed E-state index contributed by atoms with van der Waals surface area (Å²) in [5.41, 5.74) is -0.0447. The van der Waals surface area contributed by atoms with E-state index in [-0.39, 0.29) is 29.1 Å². The van der Waals surface area contributed by atoms with Gasteiger partial charge >= 0.3 is 0 Å². The largest absolute Gasteiger partial charge is 0.381 e. The second-order valence-corrected chi connectivity index (χ2v) is 7.14. The molecule has 1 aliphatic carbocycles. The molecule has 2 heterocycles. The molecule has 0 spiro atoms. The van der Waals surface area contributed by atoms with E-state index >= 15 is 0 Å². The fourth-order valence-corrected chi connectivity index (χ4v) is 4.42. The van der Waals surface area contributed by atoms with Gasteiger partial charge in [-0.2, -0.15) is 12.6 Å². The van der Waals surface area contributed by atoms with E-state index in [4.69, 9.17) is 4.74 Å². The van der Waals surface area contributed by atoms with Crippen molar-refractivity contribution in [3.8, 4) is 0 Å². The lowest BCUT2D eigenvalue weighted by atomic mass is 9.81. The van der Waals surface area contributed by atoms with Crippen molar-refractivity contribution in [3.63, 3.8) is 0 Å². The van der Waals surface area contributed by atoms with Gasteiger partial charge in [-0.25, -0.2) is 0 Å². The topological polar surface area (TPSA) is 46.6 Å².